The van der Waals surface area contributed by atoms with Crippen LogP contribution in [0.25, 0.3) is 0 Å². The summed E-state index contributed by atoms with van der Waals surface area (Å²) in [5.74, 6) is -0.576. The van der Waals surface area contributed by atoms with E-state index in [-0.39, 0.29) is 17.2 Å². The monoisotopic (exact) mass is 284 g/mol. The lowest BCUT2D eigenvalue weighted by Gasteiger charge is -2.07. The lowest BCUT2D eigenvalue weighted by atomic mass is 10.1. The Kier molecular flexibility index (Phi) is 5.20. The van der Waals surface area contributed by atoms with Gasteiger partial charge in [0.25, 0.3) is 0 Å². The quantitative estimate of drug-likeness (QED) is 0.735. The summed E-state index contributed by atoms with van der Waals surface area (Å²) in [6.45, 7) is 1.36. The van der Waals surface area contributed by atoms with Gasteiger partial charge in [0.2, 0.25) is 15.9 Å². The van der Waals surface area contributed by atoms with E-state index in [1.165, 1.54) is 25.2 Å². The lowest BCUT2D eigenvalue weighted by Crippen LogP contribution is -2.35. The van der Waals surface area contributed by atoms with Crippen molar-refractivity contribution in [1.29, 1.82) is 0 Å². The summed E-state index contributed by atoms with van der Waals surface area (Å²) in [4.78, 5) is 22.5. The molecule has 1 amide bonds. The van der Waals surface area contributed by atoms with Crippen molar-refractivity contribution < 1.29 is 18.0 Å². The van der Waals surface area contributed by atoms with Crippen molar-refractivity contribution in [2.75, 3.05) is 13.6 Å². The molecule has 19 heavy (non-hydrogen) atoms. The highest BCUT2D eigenvalue weighted by atomic mass is 32.2. The van der Waals surface area contributed by atoms with Gasteiger partial charge < -0.3 is 5.32 Å². The van der Waals surface area contributed by atoms with Gasteiger partial charge in [-0.1, -0.05) is 19.1 Å². The van der Waals surface area contributed by atoms with Crippen LogP contribution >= 0.6 is 0 Å². The molecule has 0 spiro atoms. The largest absolute Gasteiger partial charge is 0.358 e. The molecule has 0 saturated heterocycles. The van der Waals surface area contributed by atoms with Gasteiger partial charge in [-0.3, -0.25) is 9.59 Å². The zero-order valence-electron chi connectivity index (χ0n) is 10.8. The molecular formula is C12H16N2O4S. The van der Waals surface area contributed by atoms with E-state index in [1.54, 1.807) is 13.0 Å². The molecule has 0 unspecified atom stereocenters. The minimum atomic E-state index is -3.79. The second kappa shape index (κ2) is 6.44. The maximum atomic E-state index is 11.9. The van der Waals surface area contributed by atoms with Gasteiger partial charge in [-0.15, -0.1) is 0 Å². The molecule has 104 valence electrons. The van der Waals surface area contributed by atoms with Crippen LogP contribution in [0.1, 0.15) is 23.7 Å². The van der Waals surface area contributed by atoms with Gasteiger partial charge in [0.05, 0.1) is 11.4 Å². The van der Waals surface area contributed by atoms with Crippen LogP contribution in [0.4, 0.5) is 0 Å². The number of amides is 1. The highest BCUT2D eigenvalue weighted by Crippen LogP contribution is 2.12. The highest BCUT2D eigenvalue weighted by Gasteiger charge is 2.16. The molecule has 0 aliphatic heterocycles. The number of benzene rings is 1. The molecule has 0 saturated carbocycles. The maximum Gasteiger partial charge on any atom is 0.241 e. The minimum Gasteiger partial charge on any atom is -0.358 e. The summed E-state index contributed by atoms with van der Waals surface area (Å²) in [5, 5.41) is 2.31. The fourth-order valence-corrected chi connectivity index (χ4v) is 2.40. The molecule has 0 fully saturated rings. The van der Waals surface area contributed by atoms with Gasteiger partial charge in [-0.25, -0.2) is 13.1 Å². The minimum absolute atomic E-state index is 0.0318. The van der Waals surface area contributed by atoms with E-state index < -0.39 is 15.9 Å². The number of hydrogen-bond donors (Lipinski definition) is 2. The molecule has 0 aliphatic carbocycles. The van der Waals surface area contributed by atoms with Gasteiger partial charge in [0.15, 0.2) is 5.78 Å². The van der Waals surface area contributed by atoms with Gasteiger partial charge >= 0.3 is 0 Å². The van der Waals surface area contributed by atoms with Gasteiger partial charge in [0.1, 0.15) is 0 Å². The van der Waals surface area contributed by atoms with E-state index in [2.05, 4.69) is 10.0 Å². The first-order chi connectivity index (χ1) is 8.90. The van der Waals surface area contributed by atoms with Gasteiger partial charge in [-0.2, -0.15) is 0 Å². The third kappa shape index (κ3) is 4.15. The van der Waals surface area contributed by atoms with Crippen LogP contribution in [0.5, 0.6) is 0 Å². The normalized spacial score (nSPS) is 11.1. The zero-order chi connectivity index (χ0) is 14.5. The van der Waals surface area contributed by atoms with E-state index in [4.69, 9.17) is 0 Å². The number of Topliss-reactive ketones (excluding diaryl/α,β-unsaturated/α-hetero) is 1. The van der Waals surface area contributed by atoms with Gasteiger partial charge in [0, 0.05) is 19.0 Å². The van der Waals surface area contributed by atoms with Crippen molar-refractivity contribution >= 4 is 21.7 Å². The van der Waals surface area contributed by atoms with E-state index in [1.807, 2.05) is 0 Å². The van der Waals surface area contributed by atoms with Crippen LogP contribution in [-0.2, 0) is 14.8 Å². The van der Waals surface area contributed by atoms with Crippen LogP contribution in [0.15, 0.2) is 29.2 Å². The summed E-state index contributed by atoms with van der Waals surface area (Å²) in [6.07, 6.45) is 0.301. The molecule has 0 heterocycles. The van der Waals surface area contributed by atoms with E-state index in [9.17, 15) is 18.0 Å². The van der Waals surface area contributed by atoms with Crippen LogP contribution in [0.2, 0.25) is 0 Å². The number of sulfonamides is 1. The SMILES string of the molecule is CCC(=O)c1cccc(S(=O)(=O)NCC(=O)NC)c1. The summed E-state index contributed by atoms with van der Waals surface area (Å²) in [7, 11) is -2.38. The predicted molar refractivity (Wildman–Crippen MR) is 70.3 cm³/mol. The summed E-state index contributed by atoms with van der Waals surface area (Å²) >= 11 is 0. The Morgan fingerprint density at radius 2 is 1.95 bits per heavy atom. The maximum absolute atomic E-state index is 11.9. The van der Waals surface area contributed by atoms with Crippen LogP contribution in [0, 0.1) is 0 Å². The Bertz CT molecular complexity index is 581. The summed E-state index contributed by atoms with van der Waals surface area (Å²) in [5.41, 5.74) is 0.338. The summed E-state index contributed by atoms with van der Waals surface area (Å²) < 4.78 is 26.0. The van der Waals surface area contributed by atoms with Crippen molar-refractivity contribution in [3.8, 4) is 0 Å². The zero-order valence-corrected chi connectivity index (χ0v) is 11.6. The summed E-state index contributed by atoms with van der Waals surface area (Å²) in [6, 6.07) is 5.73. The molecule has 1 aromatic carbocycles. The van der Waals surface area contributed by atoms with Crippen LogP contribution < -0.4 is 10.0 Å². The molecule has 0 radical (unpaired) electrons. The Morgan fingerprint density at radius 3 is 2.53 bits per heavy atom. The molecule has 0 bridgehead atoms. The fourth-order valence-electron chi connectivity index (χ4n) is 1.37. The Balaban J connectivity index is 2.95. The van der Waals surface area contributed by atoms with E-state index in [0.717, 1.165) is 0 Å². The number of hydrogen-bond acceptors (Lipinski definition) is 4. The third-order valence-electron chi connectivity index (χ3n) is 2.49. The van der Waals surface area contributed by atoms with E-state index >= 15 is 0 Å². The first-order valence-corrected chi connectivity index (χ1v) is 7.22. The molecule has 7 heteroatoms. The van der Waals surface area contributed by atoms with Crippen molar-refractivity contribution in [2.24, 2.45) is 0 Å². The standard InChI is InChI=1S/C12H16N2O4S/c1-3-11(15)9-5-4-6-10(7-9)19(17,18)14-8-12(16)13-2/h4-7,14H,3,8H2,1-2H3,(H,13,16). The number of carbonyl (C=O) groups is 2. The average Bonchev–Trinajstić information content (AvgIpc) is 2.44. The molecule has 0 atom stereocenters. The predicted octanol–water partition coefficient (Wildman–Crippen LogP) is 0.304. The first kappa shape index (κ1) is 15.3. The number of rotatable bonds is 6. The fraction of sp³-hybridized carbons (Fsp3) is 0.333. The number of carbonyl (C=O) groups excluding carboxylic acids is 2. The van der Waals surface area contributed by atoms with Crippen molar-refractivity contribution in [3.63, 3.8) is 0 Å². The topological polar surface area (TPSA) is 92.3 Å². The molecule has 0 aromatic heterocycles. The first-order valence-electron chi connectivity index (χ1n) is 5.74. The molecule has 1 rings (SSSR count). The van der Waals surface area contributed by atoms with Crippen molar-refractivity contribution in [2.45, 2.75) is 18.2 Å². The van der Waals surface area contributed by atoms with Crippen LogP contribution in [-0.4, -0.2) is 33.7 Å². The van der Waals surface area contributed by atoms with E-state index in [0.29, 0.717) is 12.0 Å². The van der Waals surface area contributed by atoms with Crippen LogP contribution in [0.3, 0.4) is 0 Å². The van der Waals surface area contributed by atoms with Crippen molar-refractivity contribution in [1.82, 2.24) is 10.0 Å². The Hall–Kier alpha value is -1.73. The number of nitrogens with one attached hydrogen (secondary N) is 2. The lowest BCUT2D eigenvalue weighted by molar-refractivity contribution is -0.119. The number of ketones is 1. The highest BCUT2D eigenvalue weighted by molar-refractivity contribution is 7.89. The molecular weight excluding hydrogens is 268 g/mol. The average molecular weight is 284 g/mol. The molecule has 2 N–H and O–H groups in total. The van der Waals surface area contributed by atoms with Gasteiger partial charge in [-0.05, 0) is 12.1 Å². The smallest absolute Gasteiger partial charge is 0.241 e. The molecule has 6 nitrogen and oxygen atoms in total. The second-order valence-corrected chi connectivity index (χ2v) is 5.57. The Labute approximate surface area is 112 Å². The third-order valence-corrected chi connectivity index (χ3v) is 3.89. The molecule has 1 aromatic rings. The number of likely N-dealkylation sites (N-methyl/N-ethyl adjacent to an activating group) is 1. The van der Waals surface area contributed by atoms with Crippen molar-refractivity contribution in [3.05, 3.63) is 29.8 Å². The Morgan fingerprint density at radius 1 is 1.26 bits per heavy atom. The second-order valence-electron chi connectivity index (χ2n) is 3.80. The molecule has 0 aliphatic rings.